The van der Waals surface area contributed by atoms with Crippen molar-refractivity contribution in [1.29, 1.82) is 0 Å². The highest BCUT2D eigenvalue weighted by Crippen LogP contribution is 2.30. The molecule has 0 aliphatic carbocycles. The molecule has 0 aliphatic heterocycles. The monoisotopic (exact) mass is 375 g/mol. The molecule has 0 atom stereocenters. The molecule has 0 bridgehead atoms. The van der Waals surface area contributed by atoms with Crippen molar-refractivity contribution in [3.8, 4) is 0 Å². The highest BCUT2D eigenvalue weighted by molar-refractivity contribution is 6.05. The molecular formula is C19H16F3N3O2. The molecule has 3 rings (SSSR count). The molecule has 5 nitrogen and oxygen atoms in total. The number of nitrogens with one attached hydrogen (secondary N) is 1. The van der Waals surface area contributed by atoms with Gasteiger partial charge in [0, 0.05) is 17.4 Å². The van der Waals surface area contributed by atoms with Crippen LogP contribution in [-0.2, 0) is 12.6 Å². The number of pyridine rings is 1. The summed E-state index contributed by atoms with van der Waals surface area (Å²) in [5, 5.41) is 2.63. The van der Waals surface area contributed by atoms with E-state index in [2.05, 4.69) is 10.3 Å². The summed E-state index contributed by atoms with van der Waals surface area (Å²) in [5.41, 5.74) is 0.587. The maximum absolute atomic E-state index is 13.0. The first-order chi connectivity index (χ1) is 12.7. The highest BCUT2D eigenvalue weighted by atomic mass is 19.4. The molecule has 0 saturated heterocycles. The van der Waals surface area contributed by atoms with Crippen LogP contribution < -0.4 is 5.32 Å². The number of Topliss-reactive ketones (excluding diaryl/α,β-unsaturated/α-hetero) is 1. The van der Waals surface area contributed by atoms with Gasteiger partial charge in [0.1, 0.15) is 11.3 Å². The predicted molar refractivity (Wildman–Crippen MR) is 94.0 cm³/mol. The zero-order valence-corrected chi connectivity index (χ0v) is 14.6. The summed E-state index contributed by atoms with van der Waals surface area (Å²) < 4.78 is 40.3. The first-order valence-corrected chi connectivity index (χ1v) is 8.21. The topological polar surface area (TPSA) is 63.5 Å². The number of rotatable bonds is 4. The van der Waals surface area contributed by atoms with Crippen LogP contribution in [0.15, 0.2) is 42.6 Å². The van der Waals surface area contributed by atoms with Gasteiger partial charge in [-0.05, 0) is 37.6 Å². The lowest BCUT2D eigenvalue weighted by atomic mass is 10.1. The molecule has 2 heterocycles. The third-order valence-corrected chi connectivity index (χ3v) is 4.09. The average Bonchev–Trinajstić information content (AvgIpc) is 2.99. The Bertz CT molecular complexity index is 1040. The minimum absolute atomic E-state index is 0.0341. The number of hydrogen-bond acceptors (Lipinski definition) is 3. The molecule has 3 aromatic rings. The van der Waals surface area contributed by atoms with E-state index in [0.717, 1.165) is 16.7 Å². The van der Waals surface area contributed by atoms with Crippen LogP contribution in [0.1, 0.15) is 46.0 Å². The fourth-order valence-corrected chi connectivity index (χ4v) is 2.75. The van der Waals surface area contributed by atoms with Crippen LogP contribution in [0.3, 0.4) is 0 Å². The summed E-state index contributed by atoms with van der Waals surface area (Å²) >= 11 is 0. The van der Waals surface area contributed by atoms with Crippen LogP contribution in [-0.4, -0.2) is 21.1 Å². The van der Waals surface area contributed by atoms with Crippen molar-refractivity contribution >= 4 is 23.0 Å². The van der Waals surface area contributed by atoms with Crippen molar-refractivity contribution < 1.29 is 22.8 Å². The van der Waals surface area contributed by atoms with Crippen LogP contribution in [0, 0.1) is 0 Å². The summed E-state index contributed by atoms with van der Waals surface area (Å²) in [4.78, 5) is 28.5. The first-order valence-electron chi connectivity index (χ1n) is 8.21. The number of hydrogen-bond donors (Lipinski definition) is 1. The Labute approximate surface area is 152 Å². The number of amides is 1. The Hall–Kier alpha value is -3.16. The maximum Gasteiger partial charge on any atom is 0.417 e. The summed E-state index contributed by atoms with van der Waals surface area (Å²) in [6, 6.07) is 8.49. The van der Waals surface area contributed by atoms with Crippen LogP contribution >= 0.6 is 0 Å². The fraction of sp³-hybridized carbons (Fsp3) is 0.211. The number of imidazole rings is 1. The molecule has 1 amide bonds. The van der Waals surface area contributed by atoms with E-state index < -0.39 is 17.6 Å². The van der Waals surface area contributed by atoms with Gasteiger partial charge in [-0.25, -0.2) is 4.98 Å². The van der Waals surface area contributed by atoms with Gasteiger partial charge >= 0.3 is 6.18 Å². The van der Waals surface area contributed by atoms with Crippen molar-refractivity contribution in [3.05, 3.63) is 65.1 Å². The molecular weight excluding hydrogens is 359 g/mol. The lowest BCUT2D eigenvalue weighted by Gasteiger charge is -2.10. The Morgan fingerprint density at radius 1 is 1.19 bits per heavy atom. The van der Waals surface area contributed by atoms with E-state index in [0.29, 0.717) is 23.4 Å². The zero-order valence-electron chi connectivity index (χ0n) is 14.6. The first kappa shape index (κ1) is 18.6. The number of benzene rings is 1. The van der Waals surface area contributed by atoms with E-state index in [1.165, 1.54) is 19.1 Å². The number of aryl methyl sites for hydroxylation is 1. The standard InChI is InChI=1S/C19H16F3N3O2/c1-3-15-17(18(27)23-14-6-4-5-12(9-14)11(2)26)25-10-13(19(20,21)22)7-8-16(25)24-15/h4-10H,3H2,1-2H3,(H,23,27). The van der Waals surface area contributed by atoms with Gasteiger partial charge in [0.15, 0.2) is 5.78 Å². The number of ketones is 1. The third-order valence-electron chi connectivity index (χ3n) is 4.09. The average molecular weight is 375 g/mol. The number of aromatic nitrogens is 2. The number of nitrogens with zero attached hydrogens (tertiary/aromatic N) is 2. The van der Waals surface area contributed by atoms with E-state index in [4.69, 9.17) is 0 Å². The molecule has 0 radical (unpaired) electrons. The van der Waals surface area contributed by atoms with Crippen molar-refractivity contribution in [2.24, 2.45) is 0 Å². The molecule has 27 heavy (non-hydrogen) atoms. The molecule has 8 heteroatoms. The predicted octanol–water partition coefficient (Wildman–Crippen LogP) is 4.37. The SMILES string of the molecule is CCc1nc2ccc(C(F)(F)F)cn2c1C(=O)Nc1cccc(C(C)=O)c1. The van der Waals surface area contributed by atoms with Crippen LogP contribution in [0.4, 0.5) is 18.9 Å². The van der Waals surface area contributed by atoms with Gasteiger partial charge in [-0.2, -0.15) is 13.2 Å². The Kier molecular flexibility index (Phi) is 4.73. The quantitative estimate of drug-likeness (QED) is 0.689. The summed E-state index contributed by atoms with van der Waals surface area (Å²) in [7, 11) is 0. The summed E-state index contributed by atoms with van der Waals surface area (Å²) in [6.45, 7) is 3.17. The van der Waals surface area contributed by atoms with E-state index in [-0.39, 0.29) is 17.1 Å². The molecule has 1 aromatic carbocycles. The van der Waals surface area contributed by atoms with E-state index in [9.17, 15) is 22.8 Å². The fourth-order valence-electron chi connectivity index (χ4n) is 2.75. The molecule has 0 fully saturated rings. The van der Waals surface area contributed by atoms with E-state index >= 15 is 0 Å². The van der Waals surface area contributed by atoms with Gasteiger partial charge in [-0.3, -0.25) is 14.0 Å². The molecule has 2 aromatic heterocycles. The van der Waals surface area contributed by atoms with Crippen molar-refractivity contribution in [2.75, 3.05) is 5.32 Å². The second kappa shape index (κ2) is 6.86. The van der Waals surface area contributed by atoms with Crippen molar-refractivity contribution in [2.45, 2.75) is 26.4 Å². The Morgan fingerprint density at radius 2 is 1.93 bits per heavy atom. The molecule has 140 valence electrons. The van der Waals surface area contributed by atoms with E-state index in [1.807, 2.05) is 0 Å². The van der Waals surface area contributed by atoms with E-state index in [1.54, 1.807) is 25.1 Å². The van der Waals surface area contributed by atoms with Gasteiger partial charge in [-0.15, -0.1) is 0 Å². The summed E-state index contributed by atoms with van der Waals surface area (Å²) in [5.74, 6) is -0.760. The minimum atomic E-state index is -4.53. The van der Waals surface area contributed by atoms with Crippen LogP contribution in [0.2, 0.25) is 0 Å². The lowest BCUT2D eigenvalue weighted by molar-refractivity contribution is -0.137. The lowest BCUT2D eigenvalue weighted by Crippen LogP contribution is -2.17. The molecule has 1 N–H and O–H groups in total. The number of fused-ring (bicyclic) bond motifs is 1. The number of carbonyl (C=O) groups is 2. The summed E-state index contributed by atoms with van der Waals surface area (Å²) in [6.07, 6.45) is -3.30. The number of alkyl halides is 3. The van der Waals surface area contributed by atoms with Gasteiger partial charge in [-0.1, -0.05) is 19.1 Å². The molecule has 0 spiro atoms. The van der Waals surface area contributed by atoms with Gasteiger partial charge < -0.3 is 5.32 Å². The van der Waals surface area contributed by atoms with Gasteiger partial charge in [0.05, 0.1) is 11.3 Å². The second-order valence-corrected chi connectivity index (χ2v) is 6.00. The Balaban J connectivity index is 2.05. The van der Waals surface area contributed by atoms with Crippen molar-refractivity contribution in [3.63, 3.8) is 0 Å². The maximum atomic E-state index is 13.0. The molecule has 0 unspecified atom stereocenters. The van der Waals surface area contributed by atoms with Crippen LogP contribution in [0.5, 0.6) is 0 Å². The Morgan fingerprint density at radius 3 is 2.56 bits per heavy atom. The van der Waals surface area contributed by atoms with Crippen molar-refractivity contribution in [1.82, 2.24) is 9.38 Å². The minimum Gasteiger partial charge on any atom is -0.321 e. The highest BCUT2D eigenvalue weighted by Gasteiger charge is 2.31. The van der Waals surface area contributed by atoms with Gasteiger partial charge in [0.25, 0.3) is 5.91 Å². The smallest absolute Gasteiger partial charge is 0.321 e. The normalized spacial score (nSPS) is 11.6. The largest absolute Gasteiger partial charge is 0.417 e. The molecule has 0 aliphatic rings. The third kappa shape index (κ3) is 3.69. The van der Waals surface area contributed by atoms with Crippen LogP contribution in [0.25, 0.3) is 5.65 Å². The second-order valence-electron chi connectivity index (χ2n) is 6.00. The number of halogens is 3. The zero-order chi connectivity index (χ0) is 19.8. The number of anilines is 1. The van der Waals surface area contributed by atoms with Gasteiger partial charge in [0.2, 0.25) is 0 Å². The number of carbonyl (C=O) groups excluding carboxylic acids is 2. The molecule has 0 saturated carbocycles.